The lowest BCUT2D eigenvalue weighted by atomic mass is 9.68. The lowest BCUT2D eigenvalue weighted by Gasteiger charge is -2.39. The van der Waals surface area contributed by atoms with E-state index in [1.807, 2.05) is 45.9 Å². The molecule has 1 aromatic rings. The molecule has 0 amide bonds. The molecule has 0 aromatic heterocycles. The van der Waals surface area contributed by atoms with E-state index in [4.69, 9.17) is 14.2 Å². The number of carbonyl (C=O) groups excluding carboxylic acids is 2. The summed E-state index contributed by atoms with van der Waals surface area (Å²) in [7, 11) is 1.58. The second-order valence-corrected chi connectivity index (χ2v) is 9.23. The number of hydrogen-bond acceptors (Lipinski definition) is 6. The number of ketones is 1. The third-order valence-electron chi connectivity index (χ3n) is 5.62. The molecule has 3 rings (SSSR count). The van der Waals surface area contributed by atoms with Gasteiger partial charge in [0.1, 0.15) is 0 Å². The van der Waals surface area contributed by atoms with E-state index in [2.05, 4.69) is 19.2 Å². The summed E-state index contributed by atoms with van der Waals surface area (Å²) in [6.07, 6.45) is 0.909. The van der Waals surface area contributed by atoms with Gasteiger partial charge >= 0.3 is 5.97 Å². The largest absolute Gasteiger partial charge is 0.493 e. The molecule has 0 spiro atoms. The van der Waals surface area contributed by atoms with E-state index in [0.29, 0.717) is 41.4 Å². The van der Waals surface area contributed by atoms with E-state index in [1.54, 1.807) is 7.11 Å². The maximum Gasteiger partial charge on any atom is 0.337 e. The van der Waals surface area contributed by atoms with Crippen LogP contribution in [0.25, 0.3) is 0 Å². The second-order valence-electron chi connectivity index (χ2n) is 9.23. The van der Waals surface area contributed by atoms with Crippen molar-refractivity contribution in [2.24, 2.45) is 5.41 Å². The summed E-state index contributed by atoms with van der Waals surface area (Å²) in [4.78, 5) is 26.4. The number of benzene rings is 1. The normalized spacial score (nSPS) is 20.4. The zero-order valence-electron chi connectivity index (χ0n) is 19.5. The van der Waals surface area contributed by atoms with Crippen LogP contribution in [0.2, 0.25) is 0 Å². The van der Waals surface area contributed by atoms with Gasteiger partial charge in [0.2, 0.25) is 0 Å². The van der Waals surface area contributed by atoms with E-state index in [-0.39, 0.29) is 17.3 Å². The van der Waals surface area contributed by atoms with E-state index >= 15 is 0 Å². The first-order chi connectivity index (χ1) is 14.6. The van der Waals surface area contributed by atoms with Crippen molar-refractivity contribution in [1.82, 2.24) is 5.32 Å². The Bertz CT molecular complexity index is 955. The number of esters is 1. The molecule has 1 N–H and O–H groups in total. The summed E-state index contributed by atoms with van der Waals surface area (Å²) in [5.74, 6) is 0.314. The highest BCUT2D eigenvalue weighted by atomic mass is 16.5. The monoisotopic (exact) mass is 427 g/mol. The van der Waals surface area contributed by atoms with Crippen LogP contribution in [0.4, 0.5) is 0 Å². The van der Waals surface area contributed by atoms with Gasteiger partial charge in [-0.1, -0.05) is 19.9 Å². The summed E-state index contributed by atoms with van der Waals surface area (Å²) in [6.45, 7) is 12.1. The Morgan fingerprint density at radius 2 is 1.94 bits per heavy atom. The van der Waals surface area contributed by atoms with Crippen molar-refractivity contribution in [3.8, 4) is 11.5 Å². The topological polar surface area (TPSA) is 73.9 Å². The predicted octanol–water partition coefficient (Wildman–Crippen LogP) is 4.65. The lowest BCUT2D eigenvalue weighted by Crippen LogP contribution is -2.39. The molecule has 1 heterocycles. The van der Waals surface area contributed by atoms with E-state index in [1.165, 1.54) is 0 Å². The highest BCUT2D eigenvalue weighted by Gasteiger charge is 2.43. The van der Waals surface area contributed by atoms with Crippen LogP contribution >= 0.6 is 0 Å². The maximum absolute atomic E-state index is 13.3. The molecule has 168 valence electrons. The fourth-order valence-corrected chi connectivity index (χ4v) is 4.46. The van der Waals surface area contributed by atoms with Gasteiger partial charge < -0.3 is 19.5 Å². The van der Waals surface area contributed by atoms with Crippen molar-refractivity contribution in [3.05, 3.63) is 46.3 Å². The number of hydrogen-bond donors (Lipinski definition) is 1. The smallest absolute Gasteiger partial charge is 0.337 e. The van der Waals surface area contributed by atoms with E-state index in [9.17, 15) is 9.59 Å². The summed E-state index contributed by atoms with van der Waals surface area (Å²) in [5.41, 5.74) is 3.38. The van der Waals surface area contributed by atoms with Gasteiger partial charge in [-0.05, 0) is 57.2 Å². The van der Waals surface area contributed by atoms with Gasteiger partial charge in [-0.15, -0.1) is 0 Å². The standard InChI is InChI=1S/C25H33NO5/c1-8-30-19-10-9-16(11-20(19)29-7)22-21(24(28)31-14(2)3)15(4)26-17-12-25(5,6)13-18(27)23(17)22/h9-11,14,22,26H,8,12-13H2,1-7H3/t22-/m1/s1. The molecule has 6 heteroatoms. The number of carbonyl (C=O) groups is 2. The number of rotatable bonds is 6. The molecule has 2 aliphatic rings. The summed E-state index contributed by atoms with van der Waals surface area (Å²) in [5, 5.41) is 3.35. The molecular formula is C25H33NO5. The van der Waals surface area contributed by atoms with E-state index < -0.39 is 11.9 Å². The molecule has 1 aromatic carbocycles. The van der Waals surface area contributed by atoms with E-state index in [0.717, 1.165) is 17.7 Å². The Morgan fingerprint density at radius 3 is 2.55 bits per heavy atom. The quantitative estimate of drug-likeness (QED) is 0.666. The number of nitrogens with one attached hydrogen (secondary N) is 1. The number of allylic oxidation sites excluding steroid dienone is 3. The van der Waals surface area contributed by atoms with Gasteiger partial charge in [0.25, 0.3) is 0 Å². The van der Waals surface area contributed by atoms with Crippen LogP contribution in [-0.2, 0) is 14.3 Å². The highest BCUT2D eigenvalue weighted by molar-refractivity contribution is 6.04. The lowest BCUT2D eigenvalue weighted by molar-refractivity contribution is -0.143. The van der Waals surface area contributed by atoms with Crippen LogP contribution < -0.4 is 14.8 Å². The zero-order valence-corrected chi connectivity index (χ0v) is 19.5. The third kappa shape index (κ3) is 4.63. The van der Waals surface area contributed by atoms with Crippen LogP contribution in [0.5, 0.6) is 11.5 Å². The van der Waals surface area contributed by atoms with Crippen molar-refractivity contribution in [2.45, 2.75) is 66.4 Å². The third-order valence-corrected chi connectivity index (χ3v) is 5.62. The van der Waals surface area contributed by atoms with Gasteiger partial charge in [0.05, 0.1) is 25.4 Å². The maximum atomic E-state index is 13.3. The Labute approximate surface area is 184 Å². The number of ether oxygens (including phenoxy) is 3. The minimum Gasteiger partial charge on any atom is -0.493 e. The first kappa shape index (κ1) is 22.9. The summed E-state index contributed by atoms with van der Waals surface area (Å²) in [6, 6.07) is 5.59. The summed E-state index contributed by atoms with van der Waals surface area (Å²) >= 11 is 0. The van der Waals surface area contributed by atoms with Crippen molar-refractivity contribution < 1.29 is 23.8 Å². The first-order valence-corrected chi connectivity index (χ1v) is 10.8. The van der Waals surface area contributed by atoms with Gasteiger partial charge in [0, 0.05) is 29.3 Å². The summed E-state index contributed by atoms with van der Waals surface area (Å²) < 4.78 is 16.8. The minimum atomic E-state index is -0.518. The molecule has 0 saturated carbocycles. The average molecular weight is 428 g/mol. The highest BCUT2D eigenvalue weighted by Crippen LogP contribution is 2.47. The molecule has 0 unspecified atom stereocenters. The Balaban J connectivity index is 2.18. The number of methoxy groups -OCH3 is 1. The van der Waals surface area contributed by atoms with Crippen LogP contribution in [0.1, 0.15) is 65.9 Å². The van der Waals surface area contributed by atoms with Gasteiger partial charge in [-0.25, -0.2) is 4.79 Å². The fraction of sp³-hybridized carbons (Fsp3) is 0.520. The Hall–Kier alpha value is -2.76. The molecule has 6 nitrogen and oxygen atoms in total. The number of dihydropyridines is 1. The van der Waals surface area contributed by atoms with Crippen molar-refractivity contribution >= 4 is 11.8 Å². The number of Topliss-reactive ketones (excluding diaryl/α,β-unsaturated/α-hetero) is 1. The molecule has 1 atom stereocenters. The molecule has 1 aliphatic carbocycles. The Kier molecular flexibility index (Phi) is 6.48. The molecule has 0 fully saturated rings. The fourth-order valence-electron chi connectivity index (χ4n) is 4.46. The minimum absolute atomic E-state index is 0.0546. The van der Waals surface area contributed by atoms with Crippen molar-refractivity contribution in [1.29, 1.82) is 0 Å². The SMILES string of the molecule is CCOc1ccc([C@@H]2C(C(=O)OC(C)C)=C(C)NC3=C2C(=O)CC(C)(C)C3)cc1OC. The van der Waals surface area contributed by atoms with Crippen LogP contribution in [0, 0.1) is 5.41 Å². The molecule has 1 aliphatic heterocycles. The first-order valence-electron chi connectivity index (χ1n) is 10.8. The van der Waals surface area contributed by atoms with Crippen LogP contribution in [0.3, 0.4) is 0 Å². The van der Waals surface area contributed by atoms with Crippen molar-refractivity contribution in [3.63, 3.8) is 0 Å². The second kappa shape index (κ2) is 8.77. The Morgan fingerprint density at radius 1 is 1.23 bits per heavy atom. The van der Waals surface area contributed by atoms with Crippen LogP contribution in [0.15, 0.2) is 40.7 Å². The molecule has 0 bridgehead atoms. The van der Waals surface area contributed by atoms with Crippen molar-refractivity contribution in [2.75, 3.05) is 13.7 Å². The molecular weight excluding hydrogens is 394 g/mol. The van der Waals surface area contributed by atoms with Gasteiger partial charge in [0.15, 0.2) is 17.3 Å². The molecule has 31 heavy (non-hydrogen) atoms. The molecule has 0 saturated heterocycles. The molecule has 0 radical (unpaired) electrons. The zero-order chi connectivity index (χ0) is 22.9. The predicted molar refractivity (Wildman–Crippen MR) is 119 cm³/mol. The van der Waals surface area contributed by atoms with Gasteiger partial charge in [-0.3, -0.25) is 4.79 Å². The average Bonchev–Trinajstić information content (AvgIpc) is 2.65. The van der Waals surface area contributed by atoms with Gasteiger partial charge in [-0.2, -0.15) is 0 Å². The van der Waals surface area contributed by atoms with Crippen LogP contribution in [-0.4, -0.2) is 31.6 Å².